The molecular formula is C18H14N6O5. The van der Waals surface area contributed by atoms with Crippen LogP contribution in [0.25, 0.3) is 17.2 Å². The van der Waals surface area contributed by atoms with E-state index in [9.17, 15) is 14.4 Å². The third-order valence-corrected chi connectivity index (χ3v) is 4.01. The number of aromatic nitrogens is 5. The Hall–Kier alpha value is -4.28. The zero-order valence-electron chi connectivity index (χ0n) is 15.1. The van der Waals surface area contributed by atoms with E-state index in [1.165, 1.54) is 13.3 Å². The topological polar surface area (TPSA) is 138 Å². The van der Waals surface area contributed by atoms with E-state index in [0.29, 0.717) is 11.4 Å². The predicted molar refractivity (Wildman–Crippen MR) is 98.2 cm³/mol. The van der Waals surface area contributed by atoms with Gasteiger partial charge >= 0.3 is 17.5 Å². The molecule has 11 nitrogen and oxygen atoms in total. The van der Waals surface area contributed by atoms with E-state index in [1.807, 2.05) is 0 Å². The van der Waals surface area contributed by atoms with Gasteiger partial charge in [0.25, 0.3) is 5.56 Å². The van der Waals surface area contributed by atoms with Gasteiger partial charge in [0.15, 0.2) is 5.69 Å². The molecule has 3 aromatic heterocycles. The Bertz CT molecular complexity index is 1270. The molecule has 0 saturated heterocycles. The molecular weight excluding hydrogens is 380 g/mol. The van der Waals surface area contributed by atoms with E-state index in [0.717, 1.165) is 9.25 Å². The van der Waals surface area contributed by atoms with Gasteiger partial charge in [-0.15, -0.1) is 0 Å². The van der Waals surface area contributed by atoms with Crippen molar-refractivity contribution in [1.29, 1.82) is 0 Å². The van der Waals surface area contributed by atoms with E-state index >= 15 is 0 Å². The molecule has 1 aromatic carbocycles. The summed E-state index contributed by atoms with van der Waals surface area (Å²) in [4.78, 5) is 41.0. The maximum atomic E-state index is 12.5. The SMILES string of the molecule is Cn1c(=O)c(-c2noc(C(=O)NCc3ccco3)n2)nn(-c2ccccc2)c1=O. The lowest BCUT2D eigenvalue weighted by molar-refractivity contribution is 0.0904. The van der Waals surface area contributed by atoms with Crippen molar-refractivity contribution in [2.75, 3.05) is 0 Å². The average Bonchev–Trinajstić information content (AvgIpc) is 3.43. The van der Waals surface area contributed by atoms with Gasteiger partial charge in [0.2, 0.25) is 5.82 Å². The quantitative estimate of drug-likeness (QED) is 0.516. The predicted octanol–water partition coefficient (Wildman–Crippen LogP) is 0.504. The van der Waals surface area contributed by atoms with E-state index in [4.69, 9.17) is 8.94 Å². The number of furan rings is 1. The molecule has 0 unspecified atom stereocenters. The Labute approximate surface area is 162 Å². The van der Waals surface area contributed by atoms with E-state index < -0.39 is 17.2 Å². The molecule has 1 N–H and O–H groups in total. The first-order valence-electron chi connectivity index (χ1n) is 8.45. The van der Waals surface area contributed by atoms with Crippen molar-refractivity contribution in [3.8, 4) is 17.2 Å². The van der Waals surface area contributed by atoms with Gasteiger partial charge in [-0.2, -0.15) is 14.8 Å². The number of rotatable bonds is 5. The largest absolute Gasteiger partial charge is 0.467 e. The molecule has 0 fully saturated rings. The van der Waals surface area contributed by atoms with Crippen LogP contribution in [0, 0.1) is 0 Å². The Kier molecular flexibility index (Phi) is 4.61. The van der Waals surface area contributed by atoms with Crippen molar-refractivity contribution in [2.45, 2.75) is 6.54 Å². The molecule has 0 aliphatic rings. The van der Waals surface area contributed by atoms with E-state index in [1.54, 1.807) is 42.5 Å². The van der Waals surface area contributed by atoms with Crippen LogP contribution < -0.4 is 16.6 Å². The molecule has 4 aromatic rings. The maximum absolute atomic E-state index is 12.5. The zero-order chi connectivity index (χ0) is 20.4. The van der Waals surface area contributed by atoms with Crippen molar-refractivity contribution in [2.24, 2.45) is 7.05 Å². The van der Waals surface area contributed by atoms with Crippen molar-refractivity contribution in [3.63, 3.8) is 0 Å². The van der Waals surface area contributed by atoms with Crippen molar-refractivity contribution in [3.05, 3.63) is 81.2 Å². The number of hydrogen-bond donors (Lipinski definition) is 1. The molecule has 146 valence electrons. The van der Waals surface area contributed by atoms with Crippen LogP contribution >= 0.6 is 0 Å². The lowest BCUT2D eigenvalue weighted by Gasteiger charge is -2.07. The molecule has 0 aliphatic heterocycles. The van der Waals surface area contributed by atoms with Gasteiger partial charge in [0, 0.05) is 7.05 Å². The number of hydrogen-bond acceptors (Lipinski definition) is 8. The van der Waals surface area contributed by atoms with Crippen molar-refractivity contribution in [1.82, 2.24) is 29.8 Å². The van der Waals surface area contributed by atoms with E-state index in [2.05, 4.69) is 20.6 Å². The fourth-order valence-electron chi connectivity index (χ4n) is 2.52. The fraction of sp³-hybridized carbons (Fsp3) is 0.111. The summed E-state index contributed by atoms with van der Waals surface area (Å²) in [6.07, 6.45) is 1.48. The average molecular weight is 394 g/mol. The van der Waals surface area contributed by atoms with Gasteiger partial charge in [0.1, 0.15) is 5.76 Å². The smallest absolute Gasteiger partial charge is 0.351 e. The van der Waals surface area contributed by atoms with Gasteiger partial charge in [0.05, 0.1) is 18.5 Å². The van der Waals surface area contributed by atoms with Gasteiger partial charge in [-0.1, -0.05) is 23.4 Å². The molecule has 0 aliphatic carbocycles. The van der Waals surface area contributed by atoms with Gasteiger partial charge in [-0.25, -0.2) is 4.79 Å². The van der Waals surface area contributed by atoms with Crippen molar-refractivity contribution >= 4 is 5.91 Å². The number of carbonyl (C=O) groups excluding carboxylic acids is 1. The maximum Gasteiger partial charge on any atom is 0.351 e. The number of amides is 1. The fourth-order valence-corrected chi connectivity index (χ4v) is 2.52. The monoisotopic (exact) mass is 394 g/mol. The Morgan fingerprint density at radius 1 is 1.14 bits per heavy atom. The highest BCUT2D eigenvalue weighted by molar-refractivity contribution is 5.89. The minimum atomic E-state index is -0.717. The summed E-state index contributed by atoms with van der Waals surface area (Å²) in [5, 5.41) is 10.3. The lowest BCUT2D eigenvalue weighted by Crippen LogP contribution is -2.40. The summed E-state index contributed by atoms with van der Waals surface area (Å²) in [5.74, 6) is -0.664. The van der Waals surface area contributed by atoms with Gasteiger partial charge in [-0.3, -0.25) is 14.2 Å². The summed E-state index contributed by atoms with van der Waals surface area (Å²) in [7, 11) is 1.31. The highest BCUT2D eigenvalue weighted by Crippen LogP contribution is 2.10. The number of carbonyl (C=O) groups is 1. The van der Waals surface area contributed by atoms with E-state index in [-0.39, 0.29) is 24.0 Å². The van der Waals surface area contributed by atoms with Crippen LogP contribution in [0.4, 0.5) is 0 Å². The highest BCUT2D eigenvalue weighted by atomic mass is 16.5. The first-order valence-corrected chi connectivity index (χ1v) is 8.45. The highest BCUT2D eigenvalue weighted by Gasteiger charge is 2.21. The third kappa shape index (κ3) is 3.48. The van der Waals surface area contributed by atoms with Crippen LogP contribution in [0.3, 0.4) is 0 Å². The normalized spacial score (nSPS) is 10.8. The molecule has 29 heavy (non-hydrogen) atoms. The van der Waals surface area contributed by atoms with Crippen LogP contribution in [0.5, 0.6) is 0 Å². The minimum absolute atomic E-state index is 0.127. The zero-order valence-corrected chi connectivity index (χ0v) is 15.1. The van der Waals surface area contributed by atoms with Crippen LogP contribution in [0.15, 0.2) is 67.3 Å². The summed E-state index contributed by atoms with van der Waals surface area (Å²) in [6.45, 7) is 0.127. The number of para-hydroxylation sites is 1. The Morgan fingerprint density at radius 3 is 2.66 bits per heavy atom. The number of nitrogens with one attached hydrogen (secondary N) is 1. The van der Waals surface area contributed by atoms with Gasteiger partial charge in [-0.05, 0) is 24.3 Å². The first kappa shape index (κ1) is 18.1. The Balaban J connectivity index is 1.67. The molecule has 3 heterocycles. The number of benzene rings is 1. The van der Waals surface area contributed by atoms with Crippen LogP contribution in [0.2, 0.25) is 0 Å². The van der Waals surface area contributed by atoms with Crippen LogP contribution in [-0.4, -0.2) is 30.4 Å². The molecule has 0 atom stereocenters. The van der Waals surface area contributed by atoms with Gasteiger partial charge < -0.3 is 14.3 Å². The molecule has 0 bridgehead atoms. The summed E-state index contributed by atoms with van der Waals surface area (Å²) >= 11 is 0. The lowest BCUT2D eigenvalue weighted by atomic mass is 10.3. The second kappa shape index (κ2) is 7.38. The minimum Gasteiger partial charge on any atom is -0.467 e. The standard InChI is InChI=1S/C18H14N6O5/c1-23-17(26)13(21-24(18(23)27)11-6-3-2-4-7-11)14-20-16(29-22-14)15(25)19-10-12-8-5-9-28-12/h2-9H,10H2,1H3,(H,19,25). The van der Waals surface area contributed by atoms with Crippen LogP contribution in [0.1, 0.15) is 16.4 Å². The second-order valence-corrected chi connectivity index (χ2v) is 5.93. The first-order chi connectivity index (χ1) is 14.0. The second-order valence-electron chi connectivity index (χ2n) is 5.93. The summed E-state index contributed by atoms with van der Waals surface area (Å²) in [6, 6.07) is 11.9. The van der Waals surface area contributed by atoms with Crippen LogP contribution in [-0.2, 0) is 13.6 Å². The molecule has 0 radical (unpaired) electrons. The summed E-state index contributed by atoms with van der Waals surface area (Å²) in [5.41, 5.74) is -1.13. The molecule has 4 rings (SSSR count). The summed E-state index contributed by atoms with van der Waals surface area (Å²) < 4.78 is 12.0. The molecule has 1 amide bonds. The third-order valence-electron chi connectivity index (χ3n) is 4.01. The Morgan fingerprint density at radius 2 is 1.93 bits per heavy atom. The molecule has 0 spiro atoms. The number of nitrogens with zero attached hydrogens (tertiary/aromatic N) is 5. The molecule has 11 heteroatoms. The van der Waals surface area contributed by atoms with Crippen molar-refractivity contribution < 1.29 is 13.7 Å². The molecule has 0 saturated carbocycles.